The van der Waals surface area contributed by atoms with E-state index in [1.54, 1.807) is 0 Å². The molecule has 0 fully saturated rings. The van der Waals surface area contributed by atoms with E-state index in [1.807, 2.05) is 18.2 Å². The first-order chi connectivity index (χ1) is 9.00. The Morgan fingerprint density at radius 2 is 2.26 bits per heavy atom. The molecule has 0 spiro atoms. The maximum Gasteiger partial charge on any atom is 0.262 e. The number of carbonyl (C=O) groups excluding carboxylic acids is 1. The third-order valence-electron chi connectivity index (χ3n) is 3.20. The Labute approximate surface area is 113 Å². The second-order valence-electron chi connectivity index (χ2n) is 5.60. The van der Waals surface area contributed by atoms with Crippen molar-refractivity contribution in [2.45, 2.75) is 20.3 Å². The molecule has 1 aliphatic rings. The van der Waals surface area contributed by atoms with E-state index in [2.05, 4.69) is 24.5 Å². The minimum Gasteiger partial charge on any atom is -0.482 e. The zero-order valence-corrected chi connectivity index (χ0v) is 11.5. The maximum atomic E-state index is 11.3. The van der Waals surface area contributed by atoms with Crippen LogP contribution in [-0.4, -0.2) is 25.6 Å². The van der Waals surface area contributed by atoms with Gasteiger partial charge in [-0.1, -0.05) is 13.8 Å². The van der Waals surface area contributed by atoms with E-state index in [9.17, 15) is 4.79 Å². The number of fused-ring (bicyclic) bond motifs is 1. The topological polar surface area (TPSA) is 76.4 Å². The molecular weight excluding hydrogens is 242 g/mol. The quantitative estimate of drug-likeness (QED) is 0.757. The van der Waals surface area contributed by atoms with Gasteiger partial charge in [0.25, 0.3) is 5.91 Å². The molecule has 0 unspecified atom stereocenters. The molecule has 1 heterocycles. The van der Waals surface area contributed by atoms with Crippen molar-refractivity contribution in [3.05, 3.63) is 18.2 Å². The summed E-state index contributed by atoms with van der Waals surface area (Å²) in [5, 5.41) is 6.17. The highest BCUT2D eigenvalue weighted by Crippen LogP contribution is 2.31. The van der Waals surface area contributed by atoms with Crippen LogP contribution in [0.2, 0.25) is 0 Å². The van der Waals surface area contributed by atoms with Crippen LogP contribution in [0.15, 0.2) is 18.2 Å². The number of rotatable bonds is 5. The van der Waals surface area contributed by atoms with Crippen LogP contribution in [0.4, 0.5) is 11.4 Å². The van der Waals surface area contributed by atoms with E-state index >= 15 is 0 Å². The molecular formula is C14H21N3O2. The van der Waals surface area contributed by atoms with Crippen LogP contribution in [0, 0.1) is 5.41 Å². The van der Waals surface area contributed by atoms with Crippen LogP contribution < -0.4 is 21.1 Å². The number of ether oxygens (including phenoxy) is 1. The Hall–Kier alpha value is -1.75. The van der Waals surface area contributed by atoms with Crippen molar-refractivity contribution in [2.24, 2.45) is 11.1 Å². The smallest absolute Gasteiger partial charge is 0.262 e. The van der Waals surface area contributed by atoms with E-state index in [0.717, 1.165) is 24.3 Å². The number of amides is 1. The van der Waals surface area contributed by atoms with E-state index in [0.29, 0.717) is 12.3 Å². The third kappa shape index (κ3) is 3.61. The lowest BCUT2D eigenvalue weighted by Gasteiger charge is -2.25. The van der Waals surface area contributed by atoms with E-state index in [1.165, 1.54) is 0 Å². The van der Waals surface area contributed by atoms with E-state index < -0.39 is 0 Å². The summed E-state index contributed by atoms with van der Waals surface area (Å²) in [5.74, 6) is 0.597. The standard InChI is InChI=1S/C14H21N3O2/c1-14(2,5-6-15)9-16-10-3-4-12-11(7-10)17-13(18)8-19-12/h3-4,7,16H,5-6,8-9,15H2,1-2H3,(H,17,18). The Kier molecular flexibility index (Phi) is 3.95. The van der Waals surface area contributed by atoms with Gasteiger partial charge in [0, 0.05) is 12.2 Å². The number of benzene rings is 1. The van der Waals surface area contributed by atoms with Crippen molar-refractivity contribution in [1.82, 2.24) is 0 Å². The highest BCUT2D eigenvalue weighted by Gasteiger charge is 2.18. The van der Waals surface area contributed by atoms with Gasteiger partial charge in [-0.15, -0.1) is 0 Å². The first-order valence-electron chi connectivity index (χ1n) is 6.51. The van der Waals surface area contributed by atoms with Crippen molar-refractivity contribution >= 4 is 17.3 Å². The molecule has 0 atom stereocenters. The SMILES string of the molecule is CC(C)(CCN)CNc1ccc2c(c1)NC(=O)CO2. The largest absolute Gasteiger partial charge is 0.482 e. The predicted molar refractivity (Wildman–Crippen MR) is 76.5 cm³/mol. The van der Waals surface area contributed by atoms with Gasteiger partial charge in [-0.2, -0.15) is 0 Å². The molecule has 0 saturated carbocycles. The van der Waals surface area contributed by atoms with Gasteiger partial charge in [-0.05, 0) is 36.6 Å². The van der Waals surface area contributed by atoms with Gasteiger partial charge < -0.3 is 21.1 Å². The lowest BCUT2D eigenvalue weighted by Crippen LogP contribution is -2.27. The summed E-state index contributed by atoms with van der Waals surface area (Å²) in [6.45, 7) is 5.95. The molecule has 0 saturated heterocycles. The number of nitrogens with two attached hydrogens (primary N) is 1. The van der Waals surface area contributed by atoms with E-state index in [4.69, 9.17) is 10.5 Å². The number of anilines is 2. The maximum absolute atomic E-state index is 11.3. The summed E-state index contributed by atoms with van der Waals surface area (Å²) in [7, 11) is 0. The van der Waals surface area contributed by atoms with E-state index in [-0.39, 0.29) is 17.9 Å². The fraction of sp³-hybridized carbons (Fsp3) is 0.500. The number of hydrogen-bond donors (Lipinski definition) is 3. The molecule has 0 bridgehead atoms. The van der Waals surface area contributed by atoms with Crippen molar-refractivity contribution in [3.63, 3.8) is 0 Å². The molecule has 2 rings (SSSR count). The summed E-state index contributed by atoms with van der Waals surface area (Å²) < 4.78 is 5.32. The molecule has 0 aromatic heterocycles. The van der Waals surface area contributed by atoms with Gasteiger partial charge in [-0.25, -0.2) is 0 Å². The van der Waals surface area contributed by atoms with Gasteiger partial charge in [0.05, 0.1) is 5.69 Å². The fourth-order valence-electron chi connectivity index (χ4n) is 2.01. The number of nitrogens with one attached hydrogen (secondary N) is 2. The summed E-state index contributed by atoms with van der Waals surface area (Å²) in [6, 6.07) is 5.72. The highest BCUT2D eigenvalue weighted by atomic mass is 16.5. The zero-order valence-electron chi connectivity index (χ0n) is 11.5. The molecule has 5 heteroatoms. The molecule has 104 valence electrons. The van der Waals surface area contributed by atoms with Crippen LogP contribution in [0.3, 0.4) is 0 Å². The molecule has 1 amide bonds. The van der Waals surface area contributed by atoms with Gasteiger partial charge in [-0.3, -0.25) is 4.79 Å². The van der Waals surface area contributed by atoms with Gasteiger partial charge >= 0.3 is 0 Å². The second kappa shape index (κ2) is 5.48. The Bertz CT molecular complexity index is 472. The molecule has 1 aliphatic heterocycles. The minimum atomic E-state index is -0.117. The van der Waals surface area contributed by atoms with Crippen LogP contribution in [0.25, 0.3) is 0 Å². The van der Waals surface area contributed by atoms with Crippen molar-refractivity contribution < 1.29 is 9.53 Å². The average molecular weight is 263 g/mol. The molecule has 5 nitrogen and oxygen atoms in total. The summed E-state index contributed by atoms with van der Waals surface area (Å²) in [4.78, 5) is 11.3. The van der Waals surface area contributed by atoms with Crippen molar-refractivity contribution in [3.8, 4) is 5.75 Å². The fourth-order valence-corrected chi connectivity index (χ4v) is 2.01. The summed E-state index contributed by atoms with van der Waals surface area (Å²) >= 11 is 0. The first-order valence-corrected chi connectivity index (χ1v) is 6.51. The normalized spacial score (nSPS) is 14.4. The van der Waals surface area contributed by atoms with Gasteiger partial charge in [0.1, 0.15) is 5.75 Å². The van der Waals surface area contributed by atoms with Crippen LogP contribution in [0.5, 0.6) is 5.75 Å². The molecule has 1 aromatic rings. The first kappa shape index (κ1) is 13.7. The molecule has 4 N–H and O–H groups in total. The van der Waals surface area contributed by atoms with Crippen LogP contribution >= 0.6 is 0 Å². The van der Waals surface area contributed by atoms with Gasteiger partial charge in [0.15, 0.2) is 6.61 Å². The molecule has 1 aromatic carbocycles. The van der Waals surface area contributed by atoms with Crippen LogP contribution in [-0.2, 0) is 4.79 Å². The lowest BCUT2D eigenvalue weighted by atomic mass is 9.89. The Morgan fingerprint density at radius 3 is 3.00 bits per heavy atom. The monoisotopic (exact) mass is 263 g/mol. The lowest BCUT2D eigenvalue weighted by molar-refractivity contribution is -0.118. The van der Waals surface area contributed by atoms with Gasteiger partial charge in [0.2, 0.25) is 0 Å². The van der Waals surface area contributed by atoms with Crippen molar-refractivity contribution in [2.75, 3.05) is 30.3 Å². The number of hydrogen-bond acceptors (Lipinski definition) is 4. The highest BCUT2D eigenvalue weighted by molar-refractivity contribution is 5.96. The van der Waals surface area contributed by atoms with Crippen molar-refractivity contribution in [1.29, 1.82) is 0 Å². The predicted octanol–water partition coefficient (Wildman–Crippen LogP) is 1.80. The molecule has 0 aliphatic carbocycles. The average Bonchev–Trinajstić information content (AvgIpc) is 2.36. The summed E-state index contributed by atoms with van der Waals surface area (Å²) in [5.41, 5.74) is 7.43. The number of carbonyl (C=O) groups is 1. The minimum absolute atomic E-state index is 0.0866. The second-order valence-corrected chi connectivity index (χ2v) is 5.60. The molecule has 0 radical (unpaired) electrons. The van der Waals surface area contributed by atoms with Crippen LogP contribution in [0.1, 0.15) is 20.3 Å². The summed E-state index contributed by atoms with van der Waals surface area (Å²) in [6.07, 6.45) is 0.963. The molecule has 19 heavy (non-hydrogen) atoms. The Balaban J connectivity index is 2.02. The third-order valence-corrected chi connectivity index (χ3v) is 3.20. The zero-order chi connectivity index (χ0) is 13.9. The Morgan fingerprint density at radius 1 is 1.47 bits per heavy atom.